The Bertz CT molecular complexity index is 478. The first-order valence-corrected chi connectivity index (χ1v) is 7.58. The zero-order chi connectivity index (χ0) is 14.2. The van der Waals surface area contributed by atoms with Gasteiger partial charge in [0.2, 0.25) is 0 Å². The van der Waals surface area contributed by atoms with Crippen LogP contribution in [0.4, 0.5) is 0 Å². The van der Waals surface area contributed by atoms with E-state index < -0.39 is 0 Å². The molecule has 0 aromatic heterocycles. The summed E-state index contributed by atoms with van der Waals surface area (Å²) in [5.41, 5.74) is 2.61. The van der Waals surface area contributed by atoms with Crippen LogP contribution < -0.4 is 0 Å². The van der Waals surface area contributed by atoms with Crippen LogP contribution in [0.2, 0.25) is 0 Å². The topological polar surface area (TPSA) is 20.2 Å². The fourth-order valence-corrected chi connectivity index (χ4v) is 2.79. The van der Waals surface area contributed by atoms with Crippen molar-refractivity contribution < 1.29 is 5.11 Å². The van der Waals surface area contributed by atoms with Crippen molar-refractivity contribution in [3.63, 3.8) is 0 Å². The predicted molar refractivity (Wildman–Crippen MR) is 84.9 cm³/mol. The molecule has 2 atom stereocenters. The van der Waals surface area contributed by atoms with E-state index in [4.69, 9.17) is 0 Å². The Labute approximate surface area is 122 Å². The second kappa shape index (κ2) is 7.86. The van der Waals surface area contributed by atoms with E-state index in [-0.39, 0.29) is 12.0 Å². The molecule has 0 fully saturated rings. The summed E-state index contributed by atoms with van der Waals surface area (Å²) in [5, 5.41) is 10.4. The quantitative estimate of drug-likeness (QED) is 0.780. The molecule has 106 valence electrons. The van der Waals surface area contributed by atoms with Crippen molar-refractivity contribution in [2.24, 2.45) is 0 Å². The van der Waals surface area contributed by atoms with Crippen molar-refractivity contribution in [1.29, 1.82) is 0 Å². The Kier molecular flexibility index (Phi) is 5.82. The first-order chi connectivity index (χ1) is 9.81. The van der Waals surface area contributed by atoms with Gasteiger partial charge in [0.15, 0.2) is 0 Å². The molecule has 1 heteroatoms. The van der Waals surface area contributed by atoms with Crippen LogP contribution in [0.1, 0.15) is 43.2 Å². The van der Waals surface area contributed by atoms with E-state index in [1.54, 1.807) is 0 Å². The second-order valence-electron chi connectivity index (χ2n) is 5.37. The van der Waals surface area contributed by atoms with E-state index in [0.717, 1.165) is 25.7 Å². The van der Waals surface area contributed by atoms with E-state index in [1.807, 2.05) is 12.1 Å². The number of aryl methyl sites for hydroxylation is 1. The molecule has 20 heavy (non-hydrogen) atoms. The first kappa shape index (κ1) is 14.8. The molecule has 1 N–H and O–H groups in total. The molecule has 0 aliphatic heterocycles. The lowest BCUT2D eigenvalue weighted by atomic mass is 9.88. The predicted octanol–water partition coefficient (Wildman–Crippen LogP) is 4.56. The fraction of sp³-hybridized carbons (Fsp3) is 0.368. The van der Waals surface area contributed by atoms with Gasteiger partial charge < -0.3 is 5.11 Å². The largest absolute Gasteiger partial charge is 0.392 e. The van der Waals surface area contributed by atoms with Gasteiger partial charge in [0.1, 0.15) is 0 Å². The second-order valence-corrected chi connectivity index (χ2v) is 5.37. The number of benzene rings is 2. The minimum Gasteiger partial charge on any atom is -0.392 e. The van der Waals surface area contributed by atoms with Crippen LogP contribution >= 0.6 is 0 Å². The van der Waals surface area contributed by atoms with E-state index in [2.05, 4.69) is 55.5 Å². The van der Waals surface area contributed by atoms with Crippen LogP contribution in [0.3, 0.4) is 0 Å². The summed E-state index contributed by atoms with van der Waals surface area (Å²) in [7, 11) is 0. The van der Waals surface area contributed by atoms with Gasteiger partial charge >= 0.3 is 0 Å². The molecule has 0 aliphatic rings. The molecule has 2 rings (SSSR count). The van der Waals surface area contributed by atoms with Crippen LogP contribution in [0.15, 0.2) is 60.7 Å². The normalized spacial score (nSPS) is 13.9. The van der Waals surface area contributed by atoms with Crippen molar-refractivity contribution in [3.8, 4) is 0 Å². The maximum absolute atomic E-state index is 10.4. The third kappa shape index (κ3) is 4.21. The number of hydrogen-bond donors (Lipinski definition) is 1. The Morgan fingerprint density at radius 1 is 0.900 bits per heavy atom. The van der Waals surface area contributed by atoms with Crippen molar-refractivity contribution in [2.45, 2.75) is 44.6 Å². The highest BCUT2D eigenvalue weighted by Crippen LogP contribution is 2.26. The Morgan fingerprint density at radius 2 is 1.50 bits per heavy atom. The van der Waals surface area contributed by atoms with Crippen LogP contribution in [0.5, 0.6) is 0 Å². The molecule has 2 aromatic carbocycles. The highest BCUT2D eigenvalue weighted by atomic mass is 16.3. The third-order valence-corrected chi connectivity index (χ3v) is 3.94. The number of aliphatic hydroxyl groups is 1. The molecule has 0 bridgehead atoms. The van der Waals surface area contributed by atoms with Gasteiger partial charge in [-0.3, -0.25) is 0 Å². The van der Waals surface area contributed by atoms with Crippen LogP contribution in [-0.4, -0.2) is 11.2 Å². The Hall–Kier alpha value is -1.60. The lowest BCUT2D eigenvalue weighted by Crippen LogP contribution is -2.18. The van der Waals surface area contributed by atoms with Gasteiger partial charge in [-0.2, -0.15) is 0 Å². The van der Waals surface area contributed by atoms with Crippen LogP contribution in [0.25, 0.3) is 0 Å². The maximum atomic E-state index is 10.4. The van der Waals surface area contributed by atoms with Gasteiger partial charge in [-0.25, -0.2) is 0 Å². The van der Waals surface area contributed by atoms with E-state index in [0.29, 0.717) is 0 Å². The summed E-state index contributed by atoms with van der Waals surface area (Å²) in [5.74, 6) is 0.256. The highest BCUT2D eigenvalue weighted by molar-refractivity contribution is 5.20. The molecule has 0 aliphatic carbocycles. The molecule has 0 amide bonds. The third-order valence-electron chi connectivity index (χ3n) is 3.94. The van der Waals surface area contributed by atoms with Gasteiger partial charge in [-0.05, 0) is 36.8 Å². The standard InChI is InChI=1S/C19H24O/c1-2-18(17-13-7-4-8-14-17)19(20)15-9-12-16-10-5-3-6-11-16/h3-8,10-11,13-14,18-20H,2,9,12,15H2,1H3. The van der Waals surface area contributed by atoms with Crippen molar-refractivity contribution in [1.82, 2.24) is 0 Å². The Morgan fingerprint density at radius 3 is 2.10 bits per heavy atom. The first-order valence-electron chi connectivity index (χ1n) is 7.58. The molecule has 0 spiro atoms. The summed E-state index contributed by atoms with van der Waals surface area (Å²) in [6.07, 6.45) is 3.68. The molecule has 2 aromatic rings. The minimum atomic E-state index is -0.244. The van der Waals surface area contributed by atoms with Crippen molar-refractivity contribution in [2.75, 3.05) is 0 Å². The molecule has 1 nitrogen and oxygen atoms in total. The number of aliphatic hydroxyl groups excluding tert-OH is 1. The van der Waals surface area contributed by atoms with Crippen molar-refractivity contribution >= 4 is 0 Å². The van der Waals surface area contributed by atoms with Gasteiger partial charge in [0.25, 0.3) is 0 Å². The number of rotatable bonds is 7. The molecule has 2 unspecified atom stereocenters. The Balaban J connectivity index is 1.85. The van der Waals surface area contributed by atoms with Gasteiger partial charge in [0, 0.05) is 5.92 Å². The molecule has 0 saturated heterocycles. The van der Waals surface area contributed by atoms with Crippen LogP contribution in [-0.2, 0) is 6.42 Å². The maximum Gasteiger partial charge on any atom is 0.0608 e. The summed E-state index contributed by atoms with van der Waals surface area (Å²) >= 11 is 0. The zero-order valence-electron chi connectivity index (χ0n) is 12.2. The summed E-state index contributed by atoms with van der Waals surface area (Å²) in [6, 6.07) is 20.9. The lowest BCUT2D eigenvalue weighted by molar-refractivity contribution is 0.129. The van der Waals surface area contributed by atoms with Gasteiger partial charge in [-0.1, -0.05) is 67.6 Å². The molecule has 0 radical (unpaired) electrons. The minimum absolute atomic E-state index is 0.244. The molecular weight excluding hydrogens is 244 g/mol. The van der Waals surface area contributed by atoms with Crippen molar-refractivity contribution in [3.05, 3.63) is 71.8 Å². The van der Waals surface area contributed by atoms with Gasteiger partial charge in [0.05, 0.1) is 6.10 Å². The summed E-state index contributed by atoms with van der Waals surface area (Å²) < 4.78 is 0. The van der Waals surface area contributed by atoms with E-state index in [1.165, 1.54) is 11.1 Å². The molecule has 0 heterocycles. The SMILES string of the molecule is CCC(c1ccccc1)C(O)CCCc1ccccc1. The summed E-state index contributed by atoms with van der Waals surface area (Å²) in [6.45, 7) is 2.15. The smallest absolute Gasteiger partial charge is 0.0608 e. The highest BCUT2D eigenvalue weighted by Gasteiger charge is 2.18. The van der Waals surface area contributed by atoms with E-state index >= 15 is 0 Å². The molecule has 0 saturated carbocycles. The molecular formula is C19H24O. The lowest BCUT2D eigenvalue weighted by Gasteiger charge is -2.22. The number of hydrogen-bond acceptors (Lipinski definition) is 1. The average molecular weight is 268 g/mol. The monoisotopic (exact) mass is 268 g/mol. The van der Waals surface area contributed by atoms with E-state index in [9.17, 15) is 5.11 Å². The fourth-order valence-electron chi connectivity index (χ4n) is 2.79. The zero-order valence-corrected chi connectivity index (χ0v) is 12.2. The average Bonchev–Trinajstić information content (AvgIpc) is 2.50. The summed E-state index contributed by atoms with van der Waals surface area (Å²) in [4.78, 5) is 0. The van der Waals surface area contributed by atoms with Gasteiger partial charge in [-0.15, -0.1) is 0 Å². The van der Waals surface area contributed by atoms with Crippen LogP contribution in [0, 0.1) is 0 Å².